The van der Waals surface area contributed by atoms with E-state index in [4.69, 9.17) is 0 Å². The summed E-state index contributed by atoms with van der Waals surface area (Å²) in [6.07, 6.45) is 1.36. The highest BCUT2D eigenvalue weighted by Crippen LogP contribution is 2.23. The topological polar surface area (TPSA) is 49.4 Å². The van der Waals surface area contributed by atoms with Gasteiger partial charge in [0.25, 0.3) is 5.91 Å². The van der Waals surface area contributed by atoms with E-state index in [0.29, 0.717) is 13.0 Å². The number of benzene rings is 2. The lowest BCUT2D eigenvalue weighted by Gasteiger charge is -2.24. The summed E-state index contributed by atoms with van der Waals surface area (Å²) in [5.74, 6) is -0.962. The average Bonchev–Trinajstić information content (AvgIpc) is 3.07. The van der Waals surface area contributed by atoms with Gasteiger partial charge < -0.3 is 10.2 Å². The Morgan fingerprint density at radius 1 is 1.16 bits per heavy atom. The van der Waals surface area contributed by atoms with Gasteiger partial charge in [-0.05, 0) is 62.1 Å². The van der Waals surface area contributed by atoms with Crippen molar-refractivity contribution in [3.8, 4) is 0 Å². The standard InChI is InChI=1S/C20H21FN2O2/c1-13-8-9-14(2)17(11-13)22-19(24)18-7-4-10-23(18)20(25)15-5-3-6-16(21)12-15/h3,5-6,8-9,11-12,18H,4,7,10H2,1-2H3,(H,22,24)/t18-/m0/s1. The van der Waals surface area contributed by atoms with E-state index >= 15 is 0 Å². The minimum Gasteiger partial charge on any atom is -0.327 e. The van der Waals surface area contributed by atoms with E-state index in [-0.39, 0.29) is 17.4 Å². The van der Waals surface area contributed by atoms with Crippen LogP contribution in [-0.4, -0.2) is 29.3 Å². The van der Waals surface area contributed by atoms with Crippen LogP contribution in [0.4, 0.5) is 10.1 Å². The molecule has 130 valence electrons. The lowest BCUT2D eigenvalue weighted by atomic mass is 10.1. The van der Waals surface area contributed by atoms with Crippen LogP contribution >= 0.6 is 0 Å². The fourth-order valence-corrected chi connectivity index (χ4v) is 3.16. The zero-order chi connectivity index (χ0) is 18.0. The molecule has 0 spiro atoms. The van der Waals surface area contributed by atoms with E-state index < -0.39 is 11.9 Å². The van der Waals surface area contributed by atoms with Gasteiger partial charge in [-0.3, -0.25) is 9.59 Å². The third-order valence-electron chi connectivity index (χ3n) is 4.54. The van der Waals surface area contributed by atoms with Gasteiger partial charge in [-0.2, -0.15) is 0 Å². The molecule has 0 radical (unpaired) electrons. The van der Waals surface area contributed by atoms with Gasteiger partial charge in [-0.1, -0.05) is 18.2 Å². The number of halogens is 1. The summed E-state index contributed by atoms with van der Waals surface area (Å²) in [5, 5.41) is 2.93. The van der Waals surface area contributed by atoms with Crippen LogP contribution in [0.15, 0.2) is 42.5 Å². The summed E-state index contributed by atoms with van der Waals surface area (Å²) in [4.78, 5) is 26.9. The fourth-order valence-electron chi connectivity index (χ4n) is 3.16. The van der Waals surface area contributed by atoms with Crippen LogP contribution in [0.25, 0.3) is 0 Å². The molecule has 0 aliphatic carbocycles. The summed E-state index contributed by atoms with van der Waals surface area (Å²) >= 11 is 0. The summed E-state index contributed by atoms with van der Waals surface area (Å²) in [7, 11) is 0. The quantitative estimate of drug-likeness (QED) is 0.926. The number of likely N-dealkylation sites (tertiary alicyclic amines) is 1. The lowest BCUT2D eigenvalue weighted by molar-refractivity contribution is -0.119. The molecule has 1 heterocycles. The van der Waals surface area contributed by atoms with Gasteiger partial charge in [0.05, 0.1) is 0 Å². The van der Waals surface area contributed by atoms with Crippen LogP contribution in [-0.2, 0) is 4.79 Å². The molecule has 1 aliphatic heterocycles. The molecule has 1 N–H and O–H groups in total. The Hall–Kier alpha value is -2.69. The van der Waals surface area contributed by atoms with Crippen LogP contribution in [0.5, 0.6) is 0 Å². The zero-order valence-electron chi connectivity index (χ0n) is 14.4. The van der Waals surface area contributed by atoms with Crippen molar-refractivity contribution in [3.63, 3.8) is 0 Å². The average molecular weight is 340 g/mol. The highest BCUT2D eigenvalue weighted by atomic mass is 19.1. The third kappa shape index (κ3) is 3.71. The Morgan fingerprint density at radius 3 is 2.72 bits per heavy atom. The number of hydrogen-bond donors (Lipinski definition) is 1. The Morgan fingerprint density at radius 2 is 1.96 bits per heavy atom. The first-order valence-corrected chi connectivity index (χ1v) is 8.40. The van der Waals surface area contributed by atoms with Crippen LogP contribution in [0, 0.1) is 19.7 Å². The van der Waals surface area contributed by atoms with Gasteiger partial charge in [0.2, 0.25) is 5.91 Å². The molecular weight excluding hydrogens is 319 g/mol. The SMILES string of the molecule is Cc1ccc(C)c(NC(=O)[C@@H]2CCCN2C(=O)c2cccc(F)c2)c1. The van der Waals surface area contributed by atoms with E-state index in [0.717, 1.165) is 23.2 Å². The van der Waals surface area contributed by atoms with Crippen molar-refractivity contribution < 1.29 is 14.0 Å². The number of anilines is 1. The van der Waals surface area contributed by atoms with Gasteiger partial charge in [-0.15, -0.1) is 0 Å². The number of carbonyl (C=O) groups excluding carboxylic acids is 2. The maximum Gasteiger partial charge on any atom is 0.254 e. The van der Waals surface area contributed by atoms with Crippen LogP contribution < -0.4 is 5.32 Å². The number of aryl methyl sites for hydroxylation is 2. The van der Waals surface area contributed by atoms with Crippen molar-refractivity contribution in [2.24, 2.45) is 0 Å². The van der Waals surface area contributed by atoms with Crippen LogP contribution in [0.2, 0.25) is 0 Å². The summed E-state index contributed by atoms with van der Waals surface area (Å²) in [6.45, 7) is 4.39. The lowest BCUT2D eigenvalue weighted by Crippen LogP contribution is -2.43. The molecule has 1 saturated heterocycles. The third-order valence-corrected chi connectivity index (χ3v) is 4.54. The zero-order valence-corrected chi connectivity index (χ0v) is 14.4. The molecule has 0 bridgehead atoms. The van der Waals surface area contributed by atoms with Gasteiger partial charge in [0, 0.05) is 17.8 Å². The van der Waals surface area contributed by atoms with Gasteiger partial charge in [0.15, 0.2) is 0 Å². The molecule has 0 aromatic heterocycles. The first-order valence-electron chi connectivity index (χ1n) is 8.40. The second kappa shape index (κ2) is 7.05. The van der Waals surface area contributed by atoms with Crippen molar-refractivity contribution in [3.05, 3.63) is 65.0 Å². The summed E-state index contributed by atoms with van der Waals surface area (Å²) < 4.78 is 13.4. The second-order valence-electron chi connectivity index (χ2n) is 6.47. The van der Waals surface area contributed by atoms with Gasteiger partial charge in [-0.25, -0.2) is 4.39 Å². The minimum atomic E-state index is -0.532. The number of hydrogen-bond acceptors (Lipinski definition) is 2. The molecule has 4 nitrogen and oxygen atoms in total. The van der Waals surface area contributed by atoms with E-state index in [1.807, 2.05) is 32.0 Å². The Kier molecular flexibility index (Phi) is 4.83. The second-order valence-corrected chi connectivity index (χ2v) is 6.47. The fraction of sp³-hybridized carbons (Fsp3) is 0.300. The molecule has 2 amide bonds. The molecule has 25 heavy (non-hydrogen) atoms. The Bertz CT molecular complexity index is 819. The largest absolute Gasteiger partial charge is 0.327 e. The molecule has 1 fully saturated rings. The monoisotopic (exact) mass is 340 g/mol. The van der Waals surface area contributed by atoms with Crippen molar-refractivity contribution in [2.75, 3.05) is 11.9 Å². The van der Waals surface area contributed by atoms with Crippen molar-refractivity contribution in [1.82, 2.24) is 4.90 Å². The first kappa shape index (κ1) is 17.1. The Labute approximate surface area is 146 Å². The molecule has 0 saturated carbocycles. The van der Waals surface area contributed by atoms with E-state index in [1.165, 1.54) is 23.1 Å². The molecule has 2 aromatic carbocycles. The van der Waals surface area contributed by atoms with E-state index in [9.17, 15) is 14.0 Å². The molecule has 5 heteroatoms. The van der Waals surface area contributed by atoms with Crippen molar-refractivity contribution in [2.45, 2.75) is 32.7 Å². The first-order chi connectivity index (χ1) is 12.0. The van der Waals surface area contributed by atoms with Gasteiger partial charge >= 0.3 is 0 Å². The number of carbonyl (C=O) groups is 2. The van der Waals surface area contributed by atoms with Crippen molar-refractivity contribution in [1.29, 1.82) is 0 Å². The predicted octanol–water partition coefficient (Wildman–Crippen LogP) is 3.69. The van der Waals surface area contributed by atoms with Crippen molar-refractivity contribution >= 4 is 17.5 Å². The highest BCUT2D eigenvalue weighted by molar-refractivity contribution is 6.01. The normalized spacial score (nSPS) is 16.8. The van der Waals surface area contributed by atoms with Gasteiger partial charge in [0.1, 0.15) is 11.9 Å². The molecule has 1 atom stereocenters. The molecule has 3 rings (SSSR count). The van der Waals surface area contributed by atoms with E-state index in [1.54, 1.807) is 6.07 Å². The van der Waals surface area contributed by atoms with Crippen LogP contribution in [0.3, 0.4) is 0 Å². The maximum absolute atomic E-state index is 13.4. The summed E-state index contributed by atoms with van der Waals surface area (Å²) in [6, 6.07) is 10.9. The highest BCUT2D eigenvalue weighted by Gasteiger charge is 2.34. The smallest absolute Gasteiger partial charge is 0.254 e. The van der Waals surface area contributed by atoms with Crippen LogP contribution in [0.1, 0.15) is 34.3 Å². The minimum absolute atomic E-state index is 0.198. The summed E-state index contributed by atoms with van der Waals surface area (Å²) in [5.41, 5.74) is 3.06. The van der Waals surface area contributed by atoms with E-state index in [2.05, 4.69) is 5.32 Å². The number of rotatable bonds is 3. The molecular formula is C20H21FN2O2. The number of nitrogens with zero attached hydrogens (tertiary/aromatic N) is 1. The maximum atomic E-state index is 13.4. The molecule has 2 aromatic rings. The number of nitrogens with one attached hydrogen (secondary N) is 1. The Balaban J connectivity index is 1.78. The predicted molar refractivity (Wildman–Crippen MR) is 95.0 cm³/mol. The number of amides is 2. The molecule has 0 unspecified atom stereocenters. The molecule has 1 aliphatic rings.